The van der Waals surface area contributed by atoms with Crippen molar-refractivity contribution in [2.24, 2.45) is 5.92 Å². The molecule has 1 rings (SSSR count). The molecule has 0 heterocycles. The van der Waals surface area contributed by atoms with Crippen LogP contribution in [0.15, 0.2) is 18.2 Å². The summed E-state index contributed by atoms with van der Waals surface area (Å²) in [5, 5.41) is 3.36. The maximum atomic E-state index is 14.2. The molecule has 2 unspecified atom stereocenters. The molecule has 0 aliphatic carbocycles. The molecule has 0 saturated carbocycles. The van der Waals surface area contributed by atoms with Crippen LogP contribution in [0.2, 0.25) is 0 Å². The number of benzene rings is 1. The molecule has 1 aromatic carbocycles. The quantitative estimate of drug-likeness (QED) is 0.795. The highest BCUT2D eigenvalue weighted by atomic mass is 19.1. The van der Waals surface area contributed by atoms with Crippen molar-refractivity contribution in [1.82, 2.24) is 5.32 Å². The van der Waals surface area contributed by atoms with Crippen LogP contribution >= 0.6 is 0 Å². The molecule has 102 valence electrons. The van der Waals surface area contributed by atoms with E-state index in [1.165, 1.54) is 7.11 Å². The largest absolute Gasteiger partial charge is 0.494 e. The number of halogens is 1. The highest BCUT2D eigenvalue weighted by molar-refractivity contribution is 5.33. The van der Waals surface area contributed by atoms with Crippen molar-refractivity contribution in [3.63, 3.8) is 0 Å². The number of methoxy groups -OCH3 is 1. The lowest BCUT2D eigenvalue weighted by molar-refractivity contribution is 0.366. The molecule has 1 N–H and O–H groups in total. The number of hydrogen-bond acceptors (Lipinski definition) is 2. The van der Waals surface area contributed by atoms with Crippen molar-refractivity contribution in [2.45, 2.75) is 39.7 Å². The van der Waals surface area contributed by atoms with Crippen LogP contribution in [0.3, 0.4) is 0 Å². The molecule has 1 aromatic rings. The normalized spacial score (nSPS) is 14.3. The Morgan fingerprint density at radius 3 is 2.61 bits per heavy atom. The summed E-state index contributed by atoms with van der Waals surface area (Å²) < 4.78 is 19.3. The molecule has 0 aliphatic heterocycles. The van der Waals surface area contributed by atoms with Gasteiger partial charge in [-0.2, -0.15) is 0 Å². The summed E-state index contributed by atoms with van der Waals surface area (Å²) in [5.74, 6) is 0.647. The van der Waals surface area contributed by atoms with Crippen molar-refractivity contribution in [3.8, 4) is 5.75 Å². The first-order chi connectivity index (χ1) is 8.63. The van der Waals surface area contributed by atoms with E-state index in [0.29, 0.717) is 17.2 Å². The third-order valence-corrected chi connectivity index (χ3v) is 3.37. The summed E-state index contributed by atoms with van der Waals surface area (Å²) in [6.07, 6.45) is 2.04. The molecule has 0 spiro atoms. The predicted molar refractivity (Wildman–Crippen MR) is 73.4 cm³/mol. The van der Waals surface area contributed by atoms with Gasteiger partial charge >= 0.3 is 0 Å². The monoisotopic (exact) mass is 253 g/mol. The van der Waals surface area contributed by atoms with Gasteiger partial charge in [-0.05, 0) is 24.9 Å². The molecule has 18 heavy (non-hydrogen) atoms. The average Bonchev–Trinajstić information content (AvgIpc) is 2.38. The topological polar surface area (TPSA) is 21.3 Å². The standard InChI is InChI=1S/C15H24FNO/c1-5-11(3)10-13(17-6-2)12-8-7-9-14(18-4)15(12)16/h7-9,11,13,17H,5-6,10H2,1-4H3. The number of ether oxygens (including phenoxy) is 1. The van der Waals surface area contributed by atoms with Crippen LogP contribution in [-0.4, -0.2) is 13.7 Å². The number of hydrogen-bond donors (Lipinski definition) is 1. The maximum Gasteiger partial charge on any atom is 0.169 e. The van der Waals surface area contributed by atoms with Crippen molar-refractivity contribution >= 4 is 0 Å². The lowest BCUT2D eigenvalue weighted by Gasteiger charge is -2.22. The van der Waals surface area contributed by atoms with Crippen LogP contribution < -0.4 is 10.1 Å². The fourth-order valence-electron chi connectivity index (χ4n) is 2.09. The van der Waals surface area contributed by atoms with Crippen LogP contribution in [0.4, 0.5) is 4.39 Å². The molecule has 0 fully saturated rings. The molecule has 3 heteroatoms. The number of nitrogens with one attached hydrogen (secondary N) is 1. The Morgan fingerprint density at radius 2 is 2.06 bits per heavy atom. The second-order valence-corrected chi connectivity index (χ2v) is 4.72. The van der Waals surface area contributed by atoms with Gasteiger partial charge in [0.05, 0.1) is 7.11 Å². The Kier molecular flexibility index (Phi) is 6.13. The maximum absolute atomic E-state index is 14.2. The van der Waals surface area contributed by atoms with Gasteiger partial charge in [-0.3, -0.25) is 0 Å². The first-order valence-electron chi connectivity index (χ1n) is 6.69. The Hall–Kier alpha value is -1.09. The van der Waals surface area contributed by atoms with E-state index in [1.807, 2.05) is 19.1 Å². The molecule has 0 amide bonds. The van der Waals surface area contributed by atoms with Crippen molar-refractivity contribution in [3.05, 3.63) is 29.6 Å². The van der Waals surface area contributed by atoms with E-state index < -0.39 is 0 Å². The summed E-state index contributed by atoms with van der Waals surface area (Å²) in [6.45, 7) is 7.23. The average molecular weight is 253 g/mol. The first-order valence-corrected chi connectivity index (χ1v) is 6.69. The minimum Gasteiger partial charge on any atom is -0.494 e. The Balaban J connectivity index is 2.97. The van der Waals surface area contributed by atoms with Crippen LogP contribution in [0.5, 0.6) is 5.75 Å². The zero-order valence-electron chi connectivity index (χ0n) is 11.8. The summed E-state index contributed by atoms with van der Waals surface area (Å²) in [7, 11) is 1.50. The van der Waals surface area contributed by atoms with E-state index in [9.17, 15) is 4.39 Å². The summed E-state index contributed by atoms with van der Waals surface area (Å²) in [5.41, 5.74) is 0.705. The summed E-state index contributed by atoms with van der Waals surface area (Å²) >= 11 is 0. The third kappa shape index (κ3) is 3.70. The molecule has 0 radical (unpaired) electrons. The van der Waals surface area contributed by atoms with Gasteiger partial charge in [0.15, 0.2) is 11.6 Å². The molecule has 0 aliphatic rings. The molecule has 0 aromatic heterocycles. The van der Waals surface area contributed by atoms with Gasteiger partial charge in [-0.25, -0.2) is 4.39 Å². The van der Waals surface area contributed by atoms with Crippen LogP contribution in [0.25, 0.3) is 0 Å². The van der Waals surface area contributed by atoms with E-state index in [-0.39, 0.29) is 11.9 Å². The van der Waals surface area contributed by atoms with Crippen LogP contribution in [-0.2, 0) is 0 Å². The predicted octanol–water partition coefficient (Wildman–Crippen LogP) is 3.92. The Morgan fingerprint density at radius 1 is 1.33 bits per heavy atom. The fraction of sp³-hybridized carbons (Fsp3) is 0.600. The van der Waals surface area contributed by atoms with Gasteiger partial charge in [0.25, 0.3) is 0 Å². The highest BCUT2D eigenvalue weighted by Gasteiger charge is 2.19. The fourth-order valence-corrected chi connectivity index (χ4v) is 2.09. The van der Waals surface area contributed by atoms with Gasteiger partial charge in [0.2, 0.25) is 0 Å². The SMILES string of the molecule is CCNC(CC(C)CC)c1cccc(OC)c1F. The van der Waals surface area contributed by atoms with Crippen molar-refractivity contribution in [2.75, 3.05) is 13.7 Å². The molecule has 2 nitrogen and oxygen atoms in total. The summed E-state index contributed by atoms with van der Waals surface area (Å²) in [6, 6.07) is 5.40. The molecule has 0 bridgehead atoms. The van der Waals surface area contributed by atoms with E-state index >= 15 is 0 Å². The lowest BCUT2D eigenvalue weighted by atomic mass is 9.93. The third-order valence-electron chi connectivity index (χ3n) is 3.37. The number of rotatable bonds is 7. The molecular formula is C15H24FNO. The smallest absolute Gasteiger partial charge is 0.169 e. The summed E-state index contributed by atoms with van der Waals surface area (Å²) in [4.78, 5) is 0. The zero-order chi connectivity index (χ0) is 13.5. The lowest BCUT2D eigenvalue weighted by Crippen LogP contribution is -2.24. The van der Waals surface area contributed by atoms with E-state index in [4.69, 9.17) is 4.74 Å². The van der Waals surface area contributed by atoms with Gasteiger partial charge in [-0.1, -0.05) is 39.3 Å². The molecular weight excluding hydrogens is 229 g/mol. The van der Waals surface area contributed by atoms with Gasteiger partial charge < -0.3 is 10.1 Å². The van der Waals surface area contributed by atoms with E-state index in [2.05, 4.69) is 19.2 Å². The second kappa shape index (κ2) is 7.37. The van der Waals surface area contributed by atoms with Gasteiger partial charge in [0.1, 0.15) is 0 Å². The van der Waals surface area contributed by atoms with E-state index in [0.717, 1.165) is 19.4 Å². The molecule has 2 atom stereocenters. The Labute approximate surface area is 110 Å². The van der Waals surface area contributed by atoms with Gasteiger partial charge in [-0.15, -0.1) is 0 Å². The second-order valence-electron chi connectivity index (χ2n) is 4.72. The Bertz CT molecular complexity index is 368. The first kappa shape index (κ1) is 15.0. The zero-order valence-corrected chi connectivity index (χ0v) is 11.8. The molecule has 0 saturated heterocycles. The van der Waals surface area contributed by atoms with Crippen LogP contribution in [0.1, 0.15) is 45.2 Å². The van der Waals surface area contributed by atoms with E-state index in [1.54, 1.807) is 6.07 Å². The van der Waals surface area contributed by atoms with Crippen molar-refractivity contribution in [1.29, 1.82) is 0 Å². The van der Waals surface area contributed by atoms with Crippen molar-refractivity contribution < 1.29 is 9.13 Å². The minimum absolute atomic E-state index is 0.0556. The van der Waals surface area contributed by atoms with Gasteiger partial charge in [0, 0.05) is 11.6 Å². The minimum atomic E-state index is -0.241. The van der Waals surface area contributed by atoms with Crippen LogP contribution in [0, 0.1) is 11.7 Å². The highest BCUT2D eigenvalue weighted by Crippen LogP contribution is 2.29.